The number of hydrogen-bond acceptors (Lipinski definition) is 4. The lowest BCUT2D eigenvalue weighted by Gasteiger charge is -2.11. The Morgan fingerprint density at radius 1 is 0.812 bits per heavy atom. The molecule has 0 saturated carbocycles. The summed E-state index contributed by atoms with van der Waals surface area (Å²) in [7, 11) is 0. The van der Waals surface area contributed by atoms with E-state index in [1.807, 2.05) is 68.4 Å². The number of fused-ring (bicyclic) bond motifs is 1. The molecule has 1 N–H and O–H groups in total. The number of carbonyl (C=O) groups excluding carboxylic acids is 2. The average Bonchev–Trinajstić information content (AvgIpc) is 2.80. The zero-order valence-corrected chi connectivity index (χ0v) is 17.8. The van der Waals surface area contributed by atoms with Gasteiger partial charge in [-0.15, -0.1) is 0 Å². The van der Waals surface area contributed by atoms with E-state index < -0.39 is 5.97 Å². The fourth-order valence-corrected chi connectivity index (χ4v) is 3.43. The third-order valence-electron chi connectivity index (χ3n) is 5.03. The number of aryl methyl sites for hydroxylation is 2. The zero-order chi connectivity index (χ0) is 22.5. The Kier molecular flexibility index (Phi) is 6.08. The number of hydrogen-bond donors (Lipinski definition) is 1. The van der Waals surface area contributed by atoms with Gasteiger partial charge in [0, 0.05) is 11.1 Å². The highest BCUT2D eigenvalue weighted by atomic mass is 16.5. The minimum atomic E-state index is -0.456. The first-order valence-electron chi connectivity index (χ1n) is 10.2. The summed E-state index contributed by atoms with van der Waals surface area (Å²) in [5.41, 5.74) is 6.10. The lowest BCUT2D eigenvalue weighted by molar-refractivity contribution is 0.0734. The lowest BCUT2D eigenvalue weighted by atomic mass is 10.0. The van der Waals surface area contributed by atoms with Gasteiger partial charge in [0.05, 0.1) is 11.8 Å². The molecule has 0 aliphatic carbocycles. The monoisotopic (exact) mass is 422 g/mol. The average molecular weight is 422 g/mol. The fraction of sp³-hybridized carbons (Fsp3) is 0.0741. The van der Waals surface area contributed by atoms with E-state index in [0.717, 1.165) is 21.9 Å². The molecule has 0 aliphatic rings. The first-order valence-corrected chi connectivity index (χ1v) is 10.2. The molecule has 4 aromatic rings. The highest BCUT2D eigenvalue weighted by molar-refractivity contribution is 6.04. The predicted octanol–water partition coefficient (Wildman–Crippen LogP) is 5.44. The Hall–Kier alpha value is -4.25. The van der Waals surface area contributed by atoms with Gasteiger partial charge in [0.25, 0.3) is 5.91 Å². The molecule has 0 unspecified atom stereocenters. The minimum Gasteiger partial charge on any atom is -0.422 e. The van der Waals surface area contributed by atoms with Crippen LogP contribution in [0, 0.1) is 13.8 Å². The fourth-order valence-electron chi connectivity index (χ4n) is 3.43. The van der Waals surface area contributed by atoms with Crippen LogP contribution in [0.15, 0.2) is 90.0 Å². The third-order valence-corrected chi connectivity index (χ3v) is 5.03. The van der Waals surface area contributed by atoms with Gasteiger partial charge in [-0.05, 0) is 55.0 Å². The van der Waals surface area contributed by atoms with Gasteiger partial charge in [-0.2, -0.15) is 5.10 Å². The van der Waals surface area contributed by atoms with Gasteiger partial charge in [0.15, 0.2) is 0 Å². The van der Waals surface area contributed by atoms with E-state index in [9.17, 15) is 9.59 Å². The maximum absolute atomic E-state index is 12.7. The Bertz CT molecular complexity index is 1340. The number of rotatable bonds is 5. The van der Waals surface area contributed by atoms with Crippen molar-refractivity contribution in [3.05, 3.63) is 113 Å². The van der Waals surface area contributed by atoms with Crippen molar-refractivity contribution in [2.45, 2.75) is 13.8 Å². The van der Waals surface area contributed by atoms with Gasteiger partial charge in [-0.1, -0.05) is 65.7 Å². The molecule has 0 aliphatic heterocycles. The van der Waals surface area contributed by atoms with Crippen LogP contribution in [0.4, 0.5) is 0 Å². The van der Waals surface area contributed by atoms with E-state index in [0.29, 0.717) is 22.4 Å². The van der Waals surface area contributed by atoms with Gasteiger partial charge in [-0.25, -0.2) is 10.2 Å². The van der Waals surface area contributed by atoms with Crippen molar-refractivity contribution in [3.8, 4) is 5.75 Å². The van der Waals surface area contributed by atoms with Gasteiger partial charge in [-0.3, -0.25) is 4.79 Å². The molecule has 5 nitrogen and oxygen atoms in total. The van der Waals surface area contributed by atoms with Crippen LogP contribution in [-0.4, -0.2) is 18.1 Å². The number of amides is 1. The van der Waals surface area contributed by atoms with Crippen LogP contribution in [-0.2, 0) is 0 Å². The molecule has 0 bridgehead atoms. The summed E-state index contributed by atoms with van der Waals surface area (Å²) in [6, 6.07) is 25.8. The van der Waals surface area contributed by atoms with Crippen molar-refractivity contribution in [2.75, 3.05) is 0 Å². The second-order valence-corrected chi connectivity index (χ2v) is 7.53. The molecule has 32 heavy (non-hydrogen) atoms. The summed E-state index contributed by atoms with van der Waals surface area (Å²) in [6.07, 6.45) is 1.51. The normalized spacial score (nSPS) is 10.9. The molecule has 0 fully saturated rings. The second kappa shape index (κ2) is 9.27. The summed E-state index contributed by atoms with van der Waals surface area (Å²) in [5, 5.41) is 5.96. The van der Waals surface area contributed by atoms with Crippen LogP contribution >= 0.6 is 0 Å². The molecule has 0 atom stereocenters. The SMILES string of the molecule is Cc1cccc(C(=O)NN=Cc2c(OC(=O)c3cccc(C)c3)ccc3ccccc23)c1. The van der Waals surface area contributed by atoms with Crippen LogP contribution in [0.2, 0.25) is 0 Å². The molecule has 0 spiro atoms. The van der Waals surface area contributed by atoms with E-state index in [-0.39, 0.29) is 5.91 Å². The molecule has 0 heterocycles. The number of benzene rings is 4. The minimum absolute atomic E-state index is 0.316. The number of nitrogens with zero attached hydrogens (tertiary/aromatic N) is 1. The second-order valence-electron chi connectivity index (χ2n) is 7.53. The van der Waals surface area contributed by atoms with Crippen LogP contribution < -0.4 is 10.2 Å². The molecule has 0 saturated heterocycles. The van der Waals surface area contributed by atoms with Crippen molar-refractivity contribution in [2.24, 2.45) is 5.10 Å². The first-order chi connectivity index (χ1) is 15.5. The molecule has 0 aromatic heterocycles. The number of esters is 1. The highest BCUT2D eigenvalue weighted by Gasteiger charge is 2.14. The van der Waals surface area contributed by atoms with Gasteiger partial charge in [0.2, 0.25) is 0 Å². The number of carbonyl (C=O) groups is 2. The summed E-state index contributed by atoms with van der Waals surface area (Å²) in [4.78, 5) is 25.1. The maximum Gasteiger partial charge on any atom is 0.343 e. The predicted molar refractivity (Wildman–Crippen MR) is 126 cm³/mol. The van der Waals surface area contributed by atoms with E-state index in [1.54, 1.807) is 30.3 Å². The molecule has 4 rings (SSSR count). The lowest BCUT2D eigenvalue weighted by Crippen LogP contribution is -2.18. The first kappa shape index (κ1) is 21.0. The number of hydrazone groups is 1. The molecule has 158 valence electrons. The van der Waals surface area contributed by atoms with Crippen molar-refractivity contribution in [1.82, 2.24) is 5.43 Å². The Morgan fingerprint density at radius 2 is 1.50 bits per heavy atom. The van der Waals surface area contributed by atoms with Crippen molar-refractivity contribution < 1.29 is 14.3 Å². The number of nitrogens with one attached hydrogen (secondary N) is 1. The molecular weight excluding hydrogens is 400 g/mol. The van der Waals surface area contributed by atoms with Crippen LogP contribution in [0.25, 0.3) is 10.8 Å². The Balaban J connectivity index is 1.63. The van der Waals surface area contributed by atoms with Gasteiger partial charge in [0.1, 0.15) is 5.75 Å². The Labute approximate surface area is 186 Å². The van der Waals surface area contributed by atoms with E-state index in [1.165, 1.54) is 6.21 Å². The van der Waals surface area contributed by atoms with Gasteiger partial charge >= 0.3 is 5.97 Å². The molecule has 1 amide bonds. The van der Waals surface area contributed by atoms with Crippen molar-refractivity contribution in [3.63, 3.8) is 0 Å². The largest absolute Gasteiger partial charge is 0.422 e. The molecule has 0 radical (unpaired) electrons. The molecule has 4 aromatic carbocycles. The summed E-state index contributed by atoms with van der Waals surface area (Å²) >= 11 is 0. The van der Waals surface area contributed by atoms with E-state index >= 15 is 0 Å². The van der Waals surface area contributed by atoms with Gasteiger partial charge < -0.3 is 4.74 Å². The van der Waals surface area contributed by atoms with Crippen LogP contribution in [0.5, 0.6) is 5.75 Å². The highest BCUT2D eigenvalue weighted by Crippen LogP contribution is 2.27. The molecule has 5 heteroatoms. The third kappa shape index (κ3) is 4.73. The quantitative estimate of drug-likeness (QED) is 0.202. The van der Waals surface area contributed by atoms with E-state index in [4.69, 9.17) is 4.74 Å². The number of ether oxygens (including phenoxy) is 1. The van der Waals surface area contributed by atoms with Crippen LogP contribution in [0.1, 0.15) is 37.4 Å². The van der Waals surface area contributed by atoms with Crippen molar-refractivity contribution >= 4 is 28.9 Å². The Morgan fingerprint density at radius 3 is 2.25 bits per heavy atom. The molecular formula is C27H22N2O3. The standard InChI is InChI=1S/C27H22N2O3/c1-18-7-5-10-21(15-18)26(30)29-28-17-24-23-12-4-3-9-20(23)13-14-25(24)32-27(31)22-11-6-8-19(2)16-22/h3-17H,1-2H3,(H,29,30). The summed E-state index contributed by atoms with van der Waals surface area (Å²) < 4.78 is 5.71. The zero-order valence-electron chi connectivity index (χ0n) is 17.8. The van der Waals surface area contributed by atoms with Crippen molar-refractivity contribution in [1.29, 1.82) is 0 Å². The van der Waals surface area contributed by atoms with Crippen LogP contribution in [0.3, 0.4) is 0 Å². The van der Waals surface area contributed by atoms with E-state index in [2.05, 4.69) is 10.5 Å². The smallest absolute Gasteiger partial charge is 0.343 e. The summed E-state index contributed by atoms with van der Waals surface area (Å²) in [5.74, 6) is -0.408. The maximum atomic E-state index is 12.7. The topological polar surface area (TPSA) is 67.8 Å². The summed E-state index contributed by atoms with van der Waals surface area (Å²) in [6.45, 7) is 3.84.